The predicted octanol–water partition coefficient (Wildman–Crippen LogP) is 21.4. The molecule has 2 unspecified atom stereocenters. The number of esters is 4. The summed E-state index contributed by atoms with van der Waals surface area (Å²) in [7, 11) is -9.89. The van der Waals surface area contributed by atoms with Gasteiger partial charge in [0.2, 0.25) is 0 Å². The molecule has 17 nitrogen and oxygen atoms in total. The number of rotatable bonds is 74. The van der Waals surface area contributed by atoms with Crippen molar-refractivity contribution in [2.45, 2.75) is 406 Å². The molecule has 0 aromatic heterocycles. The molecule has 0 radical (unpaired) electrons. The van der Waals surface area contributed by atoms with E-state index in [0.29, 0.717) is 25.7 Å². The molecule has 92 heavy (non-hydrogen) atoms. The molecule has 546 valence electrons. The lowest BCUT2D eigenvalue weighted by Crippen LogP contribution is -2.30. The molecule has 3 N–H and O–H groups in total. The van der Waals surface area contributed by atoms with Gasteiger partial charge in [-0.3, -0.25) is 37.3 Å². The maximum atomic E-state index is 13.1. The van der Waals surface area contributed by atoms with Crippen LogP contribution in [0.5, 0.6) is 0 Å². The Balaban J connectivity index is 5.12. The molecule has 0 aliphatic rings. The van der Waals surface area contributed by atoms with E-state index in [1.165, 1.54) is 205 Å². The van der Waals surface area contributed by atoms with E-state index >= 15 is 0 Å². The van der Waals surface area contributed by atoms with Crippen LogP contribution in [-0.2, 0) is 65.4 Å². The maximum absolute atomic E-state index is 13.1. The minimum atomic E-state index is -4.95. The van der Waals surface area contributed by atoms with Gasteiger partial charge >= 0.3 is 39.5 Å². The highest BCUT2D eigenvalue weighted by Gasteiger charge is 2.30. The van der Waals surface area contributed by atoms with E-state index in [1.807, 2.05) is 0 Å². The highest BCUT2D eigenvalue weighted by atomic mass is 31.2. The van der Waals surface area contributed by atoms with Crippen LogP contribution in [0.2, 0.25) is 0 Å². The zero-order valence-corrected chi connectivity index (χ0v) is 61.3. The van der Waals surface area contributed by atoms with Crippen LogP contribution in [0.25, 0.3) is 0 Å². The molecule has 0 amide bonds. The molecular weight excluding hydrogens is 1210 g/mol. The average Bonchev–Trinajstić information content (AvgIpc) is 3.19. The van der Waals surface area contributed by atoms with Crippen LogP contribution in [0.3, 0.4) is 0 Å². The summed E-state index contributed by atoms with van der Waals surface area (Å²) >= 11 is 0. The van der Waals surface area contributed by atoms with Gasteiger partial charge in [0.25, 0.3) is 0 Å². The molecule has 0 aromatic carbocycles. The van der Waals surface area contributed by atoms with E-state index in [2.05, 4.69) is 27.7 Å². The predicted molar refractivity (Wildman–Crippen MR) is 372 cm³/mol. The van der Waals surface area contributed by atoms with Gasteiger partial charge in [-0.1, -0.05) is 336 Å². The molecule has 0 rings (SSSR count). The number of phosphoric ester groups is 2. The first kappa shape index (κ1) is 90.1. The second-order valence-corrected chi connectivity index (χ2v) is 29.2. The van der Waals surface area contributed by atoms with Gasteiger partial charge in [0, 0.05) is 25.7 Å². The Labute approximate surface area is 562 Å². The fourth-order valence-corrected chi connectivity index (χ4v) is 12.8. The number of hydrogen-bond donors (Lipinski definition) is 3. The fourth-order valence-electron chi connectivity index (χ4n) is 11.2. The van der Waals surface area contributed by atoms with Crippen molar-refractivity contribution < 1.29 is 80.2 Å². The lowest BCUT2D eigenvalue weighted by Gasteiger charge is -2.21. The normalized spacial score (nSPS) is 13.9. The van der Waals surface area contributed by atoms with Crippen LogP contribution in [0.1, 0.15) is 387 Å². The summed E-state index contributed by atoms with van der Waals surface area (Å²) in [6.07, 6.45) is 57.2. The molecule has 0 saturated carbocycles. The average molecular weight is 1350 g/mol. The van der Waals surface area contributed by atoms with Crippen molar-refractivity contribution >= 4 is 39.5 Å². The third-order valence-electron chi connectivity index (χ3n) is 17.1. The largest absolute Gasteiger partial charge is 0.472 e. The Morgan fingerprint density at radius 1 is 0.261 bits per heavy atom. The van der Waals surface area contributed by atoms with E-state index in [4.69, 9.17) is 37.0 Å². The summed E-state index contributed by atoms with van der Waals surface area (Å²) in [5.74, 6) is -2.12. The van der Waals surface area contributed by atoms with Crippen LogP contribution >= 0.6 is 15.6 Å². The topological polar surface area (TPSA) is 237 Å². The van der Waals surface area contributed by atoms with Crippen molar-refractivity contribution in [3.05, 3.63) is 0 Å². The van der Waals surface area contributed by atoms with E-state index in [0.717, 1.165) is 103 Å². The van der Waals surface area contributed by atoms with Gasteiger partial charge in [-0.2, -0.15) is 0 Å². The first-order valence-electron chi connectivity index (χ1n) is 38.3. The summed E-state index contributed by atoms with van der Waals surface area (Å²) < 4.78 is 68.2. The molecule has 0 fully saturated rings. The second kappa shape index (κ2) is 67.6. The highest BCUT2D eigenvalue weighted by Crippen LogP contribution is 2.45. The van der Waals surface area contributed by atoms with Crippen LogP contribution in [-0.4, -0.2) is 96.7 Å². The highest BCUT2D eigenvalue weighted by molar-refractivity contribution is 7.47. The Hall–Kier alpha value is -1.94. The van der Waals surface area contributed by atoms with E-state index in [9.17, 15) is 43.2 Å². The summed E-state index contributed by atoms with van der Waals surface area (Å²) in [6.45, 7) is 4.90. The van der Waals surface area contributed by atoms with E-state index < -0.39 is 97.5 Å². The van der Waals surface area contributed by atoms with Crippen molar-refractivity contribution in [3.63, 3.8) is 0 Å². The second-order valence-electron chi connectivity index (χ2n) is 26.3. The van der Waals surface area contributed by atoms with Gasteiger partial charge in [-0.15, -0.1) is 0 Å². The van der Waals surface area contributed by atoms with Gasteiger partial charge in [-0.05, 0) is 25.7 Å². The van der Waals surface area contributed by atoms with Crippen LogP contribution < -0.4 is 0 Å². The van der Waals surface area contributed by atoms with E-state index in [1.54, 1.807) is 0 Å². The molecule has 0 spiro atoms. The Kier molecular flexibility index (Phi) is 66.2. The lowest BCUT2D eigenvalue weighted by molar-refractivity contribution is -0.161. The Morgan fingerprint density at radius 2 is 0.435 bits per heavy atom. The van der Waals surface area contributed by atoms with Gasteiger partial charge < -0.3 is 33.8 Å². The smallest absolute Gasteiger partial charge is 0.462 e. The van der Waals surface area contributed by atoms with Crippen molar-refractivity contribution in [1.29, 1.82) is 0 Å². The standard InChI is InChI=1S/C73H142O17P2/c1-5-9-13-17-21-24-26-28-30-31-32-33-34-35-36-37-39-41-44-48-52-56-60-73(78)90-69(64-84-71(76)58-54-50-46-43-40-38-29-27-25-22-18-14-10-6-2)66-88-92(81,82)86-62-67(74)61-85-91(79,80)87-65-68(63-83-70(75)57-53-49-45-20-16-12-8-4)89-72(77)59-55-51-47-42-23-19-15-11-7-3/h67-69,74H,5-66H2,1-4H3,(H,79,80)(H,81,82)/t67-,68+,69+/m0/s1. The Morgan fingerprint density at radius 3 is 0.641 bits per heavy atom. The minimum Gasteiger partial charge on any atom is -0.462 e. The Bertz CT molecular complexity index is 1760. The third kappa shape index (κ3) is 66.7. The zero-order chi connectivity index (χ0) is 67.5. The molecule has 0 heterocycles. The van der Waals surface area contributed by atoms with Crippen molar-refractivity contribution in [2.75, 3.05) is 39.6 Å². The lowest BCUT2D eigenvalue weighted by atomic mass is 10.0. The van der Waals surface area contributed by atoms with Crippen molar-refractivity contribution in [1.82, 2.24) is 0 Å². The summed E-state index contributed by atoms with van der Waals surface area (Å²) in [5, 5.41) is 10.6. The number of aliphatic hydroxyl groups is 1. The number of ether oxygens (including phenoxy) is 4. The van der Waals surface area contributed by atoms with Crippen LogP contribution in [0.4, 0.5) is 0 Å². The SMILES string of the molecule is CCCCCCCCCCCCCCCCCCCCCCCCC(=O)O[C@H](COC(=O)CCCCCCCCCCCCCCCC)COP(=O)(O)OC[C@@H](O)COP(=O)(O)OC[C@@H](COC(=O)CCCCCCCCC)OC(=O)CCCCCCCCCCC. The molecule has 0 bridgehead atoms. The minimum absolute atomic E-state index is 0.106. The number of unbranched alkanes of at least 4 members (excludes halogenated alkanes) is 48. The number of carbonyl (C=O) groups excluding carboxylic acids is 4. The van der Waals surface area contributed by atoms with Crippen molar-refractivity contribution in [2.24, 2.45) is 0 Å². The number of carbonyl (C=O) groups is 4. The van der Waals surface area contributed by atoms with Gasteiger partial charge in [0.15, 0.2) is 12.2 Å². The molecule has 0 aliphatic carbocycles. The van der Waals surface area contributed by atoms with Crippen molar-refractivity contribution in [3.8, 4) is 0 Å². The van der Waals surface area contributed by atoms with Gasteiger partial charge in [0.05, 0.1) is 26.4 Å². The number of hydrogen-bond acceptors (Lipinski definition) is 15. The molecular formula is C73H142O17P2. The number of aliphatic hydroxyl groups excluding tert-OH is 1. The fraction of sp³-hybridized carbons (Fsp3) is 0.945. The molecule has 0 aliphatic heterocycles. The first-order chi connectivity index (χ1) is 44.7. The monoisotopic (exact) mass is 1350 g/mol. The molecule has 5 atom stereocenters. The number of phosphoric acid groups is 2. The van der Waals surface area contributed by atoms with E-state index in [-0.39, 0.29) is 25.7 Å². The zero-order valence-electron chi connectivity index (χ0n) is 59.5. The summed E-state index contributed by atoms with van der Waals surface area (Å²) in [4.78, 5) is 72.4. The quantitative estimate of drug-likeness (QED) is 0.0222. The third-order valence-corrected chi connectivity index (χ3v) is 19.0. The summed E-state index contributed by atoms with van der Waals surface area (Å²) in [5.41, 5.74) is 0. The van der Waals surface area contributed by atoms with Crippen LogP contribution in [0.15, 0.2) is 0 Å². The maximum Gasteiger partial charge on any atom is 0.472 e. The molecule has 0 saturated heterocycles. The van der Waals surface area contributed by atoms with Gasteiger partial charge in [-0.25, -0.2) is 9.13 Å². The van der Waals surface area contributed by atoms with Crippen LogP contribution in [0, 0.1) is 0 Å². The van der Waals surface area contributed by atoms with Gasteiger partial charge in [0.1, 0.15) is 19.3 Å². The molecule has 19 heteroatoms. The summed E-state index contributed by atoms with van der Waals surface area (Å²) in [6, 6.07) is 0. The first-order valence-corrected chi connectivity index (χ1v) is 41.3. The molecule has 0 aromatic rings.